The van der Waals surface area contributed by atoms with Crippen molar-refractivity contribution in [2.24, 2.45) is 0 Å². The number of amides is 1. The zero-order valence-corrected chi connectivity index (χ0v) is 9.80. The molecule has 3 N–H and O–H groups in total. The maximum absolute atomic E-state index is 11.8. The zero-order chi connectivity index (χ0) is 11.5. The smallest absolute Gasteiger partial charge is 0.268 e. The molecule has 0 aliphatic rings. The van der Waals surface area contributed by atoms with Crippen molar-refractivity contribution in [2.45, 2.75) is 19.4 Å². The molecule has 0 fully saturated rings. The van der Waals surface area contributed by atoms with E-state index < -0.39 is 0 Å². The average molecular weight is 238 g/mol. The molecule has 5 heteroatoms. The molecule has 1 atom stereocenters. The summed E-state index contributed by atoms with van der Waals surface area (Å²) in [6.07, 6.45) is 0.720. The minimum atomic E-state index is -0.172. The Hall–Kier alpha value is -1.33. The first-order valence-corrected chi connectivity index (χ1v) is 6.10. The van der Waals surface area contributed by atoms with E-state index in [1.807, 2.05) is 24.4 Å². The Kier molecular flexibility index (Phi) is 3.26. The highest BCUT2D eigenvalue weighted by Crippen LogP contribution is 2.21. The van der Waals surface area contributed by atoms with Crippen LogP contribution in [-0.2, 0) is 0 Å². The fraction of sp³-hybridized carbons (Fsp3) is 0.364. The van der Waals surface area contributed by atoms with Crippen LogP contribution in [0.25, 0.3) is 10.2 Å². The normalized spacial score (nSPS) is 12.9. The molecule has 2 heterocycles. The van der Waals surface area contributed by atoms with Crippen LogP contribution in [-0.4, -0.2) is 28.6 Å². The van der Waals surface area contributed by atoms with Gasteiger partial charge in [-0.15, -0.1) is 11.3 Å². The van der Waals surface area contributed by atoms with Gasteiger partial charge in [-0.05, 0) is 23.9 Å². The van der Waals surface area contributed by atoms with Gasteiger partial charge in [-0.2, -0.15) is 0 Å². The first kappa shape index (κ1) is 11.2. The minimum Gasteiger partial charge on any atom is -0.394 e. The molecular weight excluding hydrogens is 224 g/mol. The first-order valence-electron chi connectivity index (χ1n) is 5.22. The summed E-state index contributed by atoms with van der Waals surface area (Å²) in [4.78, 5) is 14.8. The zero-order valence-electron chi connectivity index (χ0n) is 8.99. The largest absolute Gasteiger partial charge is 0.394 e. The number of hydrogen-bond donors (Lipinski definition) is 3. The quantitative estimate of drug-likeness (QED) is 0.759. The van der Waals surface area contributed by atoms with Crippen molar-refractivity contribution >= 4 is 27.5 Å². The molecule has 2 aromatic rings. The van der Waals surface area contributed by atoms with Crippen molar-refractivity contribution < 1.29 is 9.90 Å². The van der Waals surface area contributed by atoms with Crippen molar-refractivity contribution in [1.29, 1.82) is 0 Å². The van der Waals surface area contributed by atoms with Crippen LogP contribution in [0.4, 0.5) is 0 Å². The second kappa shape index (κ2) is 4.67. The van der Waals surface area contributed by atoms with Gasteiger partial charge in [0.1, 0.15) is 5.69 Å². The predicted octanol–water partition coefficient (Wildman–Crippen LogP) is 1.73. The molecule has 0 radical (unpaired) electrons. The van der Waals surface area contributed by atoms with Crippen LogP contribution in [0.3, 0.4) is 0 Å². The molecule has 0 saturated carbocycles. The van der Waals surface area contributed by atoms with Gasteiger partial charge in [0.15, 0.2) is 0 Å². The Bertz CT molecular complexity index is 456. The summed E-state index contributed by atoms with van der Waals surface area (Å²) in [5.41, 5.74) is 1.53. The molecule has 2 aromatic heterocycles. The molecule has 0 aromatic carbocycles. The maximum atomic E-state index is 11.8. The number of carbonyl (C=O) groups is 1. The number of aliphatic hydroxyl groups excluding tert-OH is 1. The van der Waals surface area contributed by atoms with Gasteiger partial charge in [0.2, 0.25) is 0 Å². The number of nitrogens with one attached hydrogen (secondary N) is 2. The Labute approximate surface area is 97.3 Å². The van der Waals surface area contributed by atoms with Crippen molar-refractivity contribution in [2.75, 3.05) is 6.61 Å². The lowest BCUT2D eigenvalue weighted by Gasteiger charge is -2.12. The molecule has 2 rings (SSSR count). The van der Waals surface area contributed by atoms with Crippen LogP contribution in [0.5, 0.6) is 0 Å². The van der Waals surface area contributed by atoms with Gasteiger partial charge >= 0.3 is 0 Å². The van der Waals surface area contributed by atoms with Crippen molar-refractivity contribution in [3.8, 4) is 0 Å². The number of H-pyrrole nitrogens is 1. The van der Waals surface area contributed by atoms with E-state index in [0.29, 0.717) is 5.69 Å². The molecular formula is C11H14N2O2S. The molecule has 0 saturated heterocycles. The highest BCUT2D eigenvalue weighted by Gasteiger charge is 2.13. The first-order chi connectivity index (χ1) is 7.74. The van der Waals surface area contributed by atoms with E-state index in [4.69, 9.17) is 5.11 Å². The number of rotatable bonds is 4. The van der Waals surface area contributed by atoms with E-state index in [1.165, 1.54) is 0 Å². The number of aliphatic hydroxyl groups is 1. The Morgan fingerprint density at radius 2 is 2.50 bits per heavy atom. The standard InChI is InChI=1S/C11H14N2O2S/c1-2-7(6-14)12-11(15)9-5-10-8(13-9)3-4-16-10/h3-5,7,13-14H,2,6H2,1H3,(H,12,15). The van der Waals surface area contributed by atoms with E-state index in [1.54, 1.807) is 11.3 Å². The molecule has 0 aliphatic carbocycles. The van der Waals surface area contributed by atoms with Crippen molar-refractivity contribution in [3.63, 3.8) is 0 Å². The third-order valence-corrected chi connectivity index (χ3v) is 3.40. The molecule has 1 unspecified atom stereocenters. The lowest BCUT2D eigenvalue weighted by molar-refractivity contribution is 0.0911. The van der Waals surface area contributed by atoms with Crippen LogP contribution < -0.4 is 5.32 Å². The molecule has 0 spiro atoms. The summed E-state index contributed by atoms with van der Waals surface area (Å²) >= 11 is 1.60. The summed E-state index contributed by atoms with van der Waals surface area (Å²) in [7, 11) is 0. The van der Waals surface area contributed by atoms with Gasteiger partial charge in [-0.1, -0.05) is 6.92 Å². The highest BCUT2D eigenvalue weighted by atomic mass is 32.1. The van der Waals surface area contributed by atoms with Crippen molar-refractivity contribution in [3.05, 3.63) is 23.2 Å². The van der Waals surface area contributed by atoms with Crippen LogP contribution in [0.1, 0.15) is 23.8 Å². The fourth-order valence-electron chi connectivity index (χ4n) is 1.51. The van der Waals surface area contributed by atoms with Crippen LogP contribution in [0, 0.1) is 0 Å². The summed E-state index contributed by atoms with van der Waals surface area (Å²) in [6.45, 7) is 1.89. The maximum Gasteiger partial charge on any atom is 0.268 e. The second-order valence-corrected chi connectivity index (χ2v) is 4.59. The highest BCUT2D eigenvalue weighted by molar-refractivity contribution is 7.17. The number of aromatic nitrogens is 1. The Morgan fingerprint density at radius 3 is 3.12 bits per heavy atom. The van der Waals surface area contributed by atoms with Gasteiger partial charge in [-0.3, -0.25) is 4.79 Å². The van der Waals surface area contributed by atoms with Crippen LogP contribution >= 0.6 is 11.3 Å². The summed E-state index contributed by atoms with van der Waals surface area (Å²) in [5, 5.41) is 13.7. The van der Waals surface area contributed by atoms with E-state index in [-0.39, 0.29) is 18.6 Å². The van der Waals surface area contributed by atoms with Gasteiger partial charge in [-0.25, -0.2) is 0 Å². The third-order valence-electron chi connectivity index (χ3n) is 2.53. The van der Waals surface area contributed by atoms with E-state index in [0.717, 1.165) is 16.6 Å². The SMILES string of the molecule is CCC(CO)NC(=O)c1cc2sccc2[nH]1. The Balaban J connectivity index is 2.12. The molecule has 16 heavy (non-hydrogen) atoms. The number of thiophene rings is 1. The predicted molar refractivity (Wildman–Crippen MR) is 64.8 cm³/mol. The summed E-state index contributed by atoms with van der Waals surface area (Å²) in [6, 6.07) is 3.60. The van der Waals surface area contributed by atoms with Gasteiger partial charge < -0.3 is 15.4 Å². The second-order valence-electron chi connectivity index (χ2n) is 3.64. The van der Waals surface area contributed by atoms with Crippen LogP contribution in [0.15, 0.2) is 17.5 Å². The number of carbonyl (C=O) groups excluding carboxylic acids is 1. The minimum absolute atomic E-state index is 0.0304. The van der Waals surface area contributed by atoms with Crippen molar-refractivity contribution in [1.82, 2.24) is 10.3 Å². The summed E-state index contributed by atoms with van der Waals surface area (Å²) in [5.74, 6) is -0.163. The monoisotopic (exact) mass is 238 g/mol. The van der Waals surface area contributed by atoms with E-state index in [9.17, 15) is 4.79 Å². The third kappa shape index (κ3) is 2.10. The summed E-state index contributed by atoms with van der Waals surface area (Å²) < 4.78 is 1.07. The lowest BCUT2D eigenvalue weighted by Crippen LogP contribution is -2.37. The Morgan fingerprint density at radius 1 is 1.69 bits per heavy atom. The number of hydrogen-bond acceptors (Lipinski definition) is 3. The van der Waals surface area contributed by atoms with E-state index in [2.05, 4.69) is 10.3 Å². The number of fused-ring (bicyclic) bond motifs is 1. The van der Waals surface area contributed by atoms with E-state index >= 15 is 0 Å². The van der Waals surface area contributed by atoms with Gasteiger partial charge in [0, 0.05) is 0 Å². The fourth-order valence-corrected chi connectivity index (χ4v) is 2.29. The molecule has 1 amide bonds. The van der Waals surface area contributed by atoms with Gasteiger partial charge in [0.05, 0.1) is 22.9 Å². The lowest BCUT2D eigenvalue weighted by atomic mass is 10.2. The topological polar surface area (TPSA) is 65.1 Å². The molecule has 86 valence electrons. The molecule has 0 aliphatic heterocycles. The molecule has 4 nitrogen and oxygen atoms in total. The average Bonchev–Trinajstić information content (AvgIpc) is 2.85. The number of aromatic amines is 1. The molecule has 0 bridgehead atoms. The van der Waals surface area contributed by atoms with Crippen LogP contribution in [0.2, 0.25) is 0 Å². The van der Waals surface area contributed by atoms with Gasteiger partial charge in [0.25, 0.3) is 5.91 Å².